The zero-order chi connectivity index (χ0) is 17.7. The van der Waals surface area contributed by atoms with Crippen molar-refractivity contribution in [2.24, 2.45) is 0 Å². The molecule has 8 heteroatoms. The molecule has 0 aliphatic rings. The van der Waals surface area contributed by atoms with E-state index >= 15 is 0 Å². The number of esters is 1. The van der Waals surface area contributed by atoms with Gasteiger partial charge in [-0.2, -0.15) is 0 Å². The van der Waals surface area contributed by atoms with Crippen molar-refractivity contribution in [2.45, 2.75) is 31.8 Å². The lowest BCUT2D eigenvalue weighted by molar-refractivity contribution is -0.123. The molecule has 0 aliphatic carbocycles. The number of nitrogens with zero attached hydrogens (tertiary/aromatic N) is 1. The van der Waals surface area contributed by atoms with Gasteiger partial charge in [-0.3, -0.25) is 9.00 Å². The highest BCUT2D eigenvalue weighted by Crippen LogP contribution is 2.16. The number of nitrogens with one attached hydrogen (secondary N) is 1. The molecule has 24 heavy (non-hydrogen) atoms. The molecule has 0 radical (unpaired) electrons. The summed E-state index contributed by atoms with van der Waals surface area (Å²) in [5.41, 5.74) is 0.189. The van der Waals surface area contributed by atoms with E-state index < -0.39 is 28.8 Å². The molecule has 1 aromatic heterocycles. The Morgan fingerprint density at radius 3 is 2.71 bits per heavy atom. The van der Waals surface area contributed by atoms with Crippen molar-refractivity contribution in [2.75, 3.05) is 11.1 Å². The number of hydrogen-bond acceptors (Lipinski definition) is 6. The van der Waals surface area contributed by atoms with Crippen molar-refractivity contribution in [1.29, 1.82) is 0 Å². The van der Waals surface area contributed by atoms with Crippen molar-refractivity contribution >= 4 is 28.5 Å². The fraction of sp³-hybridized carbons (Fsp3) is 0.312. The molecule has 128 valence electrons. The van der Waals surface area contributed by atoms with Gasteiger partial charge in [-0.05, 0) is 26.0 Å². The number of carbonyl (C=O) groups is 2. The summed E-state index contributed by atoms with van der Waals surface area (Å²) in [5, 5.41) is 6.12. The van der Waals surface area contributed by atoms with Gasteiger partial charge in [0.05, 0.1) is 21.3 Å². The first-order chi connectivity index (χ1) is 11.4. The predicted molar refractivity (Wildman–Crippen MR) is 88.1 cm³/mol. The van der Waals surface area contributed by atoms with Crippen LogP contribution in [0.25, 0.3) is 0 Å². The highest BCUT2D eigenvalue weighted by atomic mass is 32.2. The van der Waals surface area contributed by atoms with Crippen LogP contribution >= 0.6 is 0 Å². The molecule has 0 spiro atoms. The second kappa shape index (κ2) is 7.87. The van der Waals surface area contributed by atoms with Gasteiger partial charge in [0.1, 0.15) is 5.76 Å². The minimum absolute atomic E-state index is 0.189. The molecule has 2 unspecified atom stereocenters. The van der Waals surface area contributed by atoms with E-state index in [1.807, 2.05) is 0 Å². The van der Waals surface area contributed by atoms with E-state index in [9.17, 15) is 13.8 Å². The molecule has 0 bridgehead atoms. The van der Waals surface area contributed by atoms with E-state index in [0.29, 0.717) is 16.4 Å². The van der Waals surface area contributed by atoms with Crippen LogP contribution in [0.5, 0.6) is 0 Å². The van der Waals surface area contributed by atoms with Crippen molar-refractivity contribution in [3.63, 3.8) is 0 Å². The lowest BCUT2D eigenvalue weighted by atomic mass is 10.2. The number of anilines is 1. The first kappa shape index (κ1) is 17.9. The SMILES string of the molecule is CCS(=O)c1ccccc1C(=O)OC(C)C(=O)Nc1cc(C)on1. The lowest BCUT2D eigenvalue weighted by Crippen LogP contribution is -2.30. The maximum Gasteiger partial charge on any atom is 0.340 e. The average Bonchev–Trinajstić information content (AvgIpc) is 2.98. The first-order valence-electron chi connectivity index (χ1n) is 7.35. The van der Waals surface area contributed by atoms with Gasteiger partial charge in [0.2, 0.25) is 0 Å². The van der Waals surface area contributed by atoms with E-state index in [0.717, 1.165) is 0 Å². The number of ether oxygens (including phenoxy) is 1. The van der Waals surface area contributed by atoms with Gasteiger partial charge >= 0.3 is 5.97 Å². The quantitative estimate of drug-likeness (QED) is 0.803. The van der Waals surface area contributed by atoms with Gasteiger partial charge in [-0.15, -0.1) is 0 Å². The van der Waals surface area contributed by atoms with Crippen molar-refractivity contribution in [3.8, 4) is 0 Å². The van der Waals surface area contributed by atoms with Crippen molar-refractivity contribution in [1.82, 2.24) is 5.16 Å². The molecule has 1 N–H and O–H groups in total. The summed E-state index contributed by atoms with van der Waals surface area (Å²) in [5.74, 6) is -0.0674. The number of aromatic nitrogens is 1. The predicted octanol–water partition coefficient (Wildman–Crippen LogP) is 2.29. The average molecular weight is 350 g/mol. The fourth-order valence-corrected chi connectivity index (χ4v) is 2.86. The molecule has 0 aliphatic heterocycles. The summed E-state index contributed by atoms with van der Waals surface area (Å²) in [6, 6.07) is 8.03. The zero-order valence-corrected chi connectivity index (χ0v) is 14.4. The van der Waals surface area contributed by atoms with Gasteiger partial charge in [0.25, 0.3) is 5.91 Å². The molecule has 1 amide bonds. The van der Waals surface area contributed by atoms with Crippen LogP contribution in [0.2, 0.25) is 0 Å². The first-order valence-corrected chi connectivity index (χ1v) is 8.66. The Morgan fingerprint density at radius 1 is 1.38 bits per heavy atom. The van der Waals surface area contributed by atoms with Gasteiger partial charge in [0.15, 0.2) is 11.9 Å². The molecule has 7 nitrogen and oxygen atoms in total. The molecule has 0 saturated heterocycles. The summed E-state index contributed by atoms with van der Waals surface area (Å²) in [6.45, 7) is 4.89. The number of carbonyl (C=O) groups excluding carboxylic acids is 2. The minimum Gasteiger partial charge on any atom is -0.449 e. The lowest BCUT2D eigenvalue weighted by Gasteiger charge is -2.13. The molecule has 2 aromatic rings. The van der Waals surface area contributed by atoms with Crippen LogP contribution in [0.15, 0.2) is 39.8 Å². The van der Waals surface area contributed by atoms with E-state index in [4.69, 9.17) is 9.26 Å². The Labute approximate surface area is 141 Å². The number of hydrogen-bond donors (Lipinski definition) is 1. The molecule has 1 aromatic carbocycles. The molecule has 1 heterocycles. The van der Waals surface area contributed by atoms with Gasteiger partial charge < -0.3 is 14.6 Å². The molecule has 2 atom stereocenters. The van der Waals surface area contributed by atoms with Gasteiger partial charge in [-0.25, -0.2) is 4.79 Å². The third-order valence-corrected chi connectivity index (χ3v) is 4.52. The summed E-state index contributed by atoms with van der Waals surface area (Å²) in [4.78, 5) is 24.7. The zero-order valence-electron chi connectivity index (χ0n) is 13.6. The topological polar surface area (TPSA) is 98.5 Å². The number of rotatable bonds is 6. The van der Waals surface area contributed by atoms with Crippen molar-refractivity contribution in [3.05, 3.63) is 41.7 Å². The van der Waals surface area contributed by atoms with Crippen LogP contribution in [0, 0.1) is 6.92 Å². The van der Waals surface area contributed by atoms with Crippen LogP contribution in [-0.4, -0.2) is 33.1 Å². The third-order valence-electron chi connectivity index (χ3n) is 3.15. The number of aryl methyl sites for hydroxylation is 1. The monoisotopic (exact) mass is 350 g/mol. The molecule has 2 rings (SSSR count). The highest BCUT2D eigenvalue weighted by molar-refractivity contribution is 7.85. The maximum absolute atomic E-state index is 12.3. The second-order valence-electron chi connectivity index (χ2n) is 4.99. The van der Waals surface area contributed by atoms with Crippen LogP contribution < -0.4 is 5.32 Å². The van der Waals surface area contributed by atoms with E-state index in [1.54, 1.807) is 38.1 Å². The van der Waals surface area contributed by atoms with Crippen LogP contribution in [0.4, 0.5) is 5.82 Å². The highest BCUT2D eigenvalue weighted by Gasteiger charge is 2.22. The molecular formula is C16H18N2O5S. The Hall–Kier alpha value is -2.48. The second-order valence-corrected chi connectivity index (χ2v) is 6.70. The Balaban J connectivity index is 2.06. The molecule has 0 fully saturated rings. The van der Waals surface area contributed by atoms with Gasteiger partial charge in [0, 0.05) is 11.8 Å². The summed E-state index contributed by atoms with van der Waals surface area (Å²) < 4.78 is 22.0. The smallest absolute Gasteiger partial charge is 0.340 e. The van der Waals surface area contributed by atoms with Crippen molar-refractivity contribution < 1.29 is 23.1 Å². The van der Waals surface area contributed by atoms with Gasteiger partial charge in [-0.1, -0.05) is 24.2 Å². The molecule has 0 saturated carbocycles. The largest absolute Gasteiger partial charge is 0.449 e. The van der Waals surface area contributed by atoms with E-state index in [-0.39, 0.29) is 11.4 Å². The normalized spacial score (nSPS) is 13.1. The maximum atomic E-state index is 12.3. The van der Waals surface area contributed by atoms with Crippen LogP contribution in [0.1, 0.15) is 30.0 Å². The van der Waals surface area contributed by atoms with Crippen LogP contribution in [0.3, 0.4) is 0 Å². The van der Waals surface area contributed by atoms with E-state index in [1.165, 1.54) is 13.0 Å². The minimum atomic E-state index is -1.30. The number of amides is 1. The van der Waals surface area contributed by atoms with Crippen LogP contribution in [-0.2, 0) is 20.3 Å². The summed E-state index contributed by atoms with van der Waals surface area (Å²) in [6.07, 6.45) is -1.04. The molecular weight excluding hydrogens is 332 g/mol. The van der Waals surface area contributed by atoms with E-state index in [2.05, 4.69) is 10.5 Å². The fourth-order valence-electron chi connectivity index (χ4n) is 1.92. The standard InChI is InChI=1S/C16H18N2O5S/c1-4-24(21)13-8-6-5-7-12(13)16(20)22-11(3)15(19)17-14-9-10(2)23-18-14/h5-9,11H,4H2,1-3H3,(H,17,18,19). The Morgan fingerprint density at radius 2 is 2.08 bits per heavy atom. The number of benzene rings is 1. The Bertz CT molecular complexity index is 771. The third kappa shape index (κ3) is 4.29. The summed E-state index contributed by atoms with van der Waals surface area (Å²) >= 11 is 0. The Kier molecular flexibility index (Phi) is 5.86. The summed E-state index contributed by atoms with van der Waals surface area (Å²) in [7, 11) is -1.30.